The fourth-order valence-corrected chi connectivity index (χ4v) is 6.07. The summed E-state index contributed by atoms with van der Waals surface area (Å²) >= 11 is 0. The van der Waals surface area contributed by atoms with Crippen LogP contribution in [0.15, 0.2) is 12.2 Å². The number of aliphatic carboxylic acids is 1. The molecule has 0 aliphatic rings. The Kier molecular flexibility index (Phi) is 35.1. The number of hydrogen-bond acceptors (Lipinski definition) is 3. The minimum Gasteiger partial charge on any atom is -0.481 e. The van der Waals surface area contributed by atoms with Crippen LogP contribution in [0.3, 0.4) is 0 Å². The lowest BCUT2D eigenvalue weighted by molar-refractivity contribution is -0.153. The van der Waals surface area contributed by atoms with E-state index < -0.39 is 11.9 Å². The van der Waals surface area contributed by atoms with Crippen molar-refractivity contribution in [3.05, 3.63) is 12.2 Å². The van der Waals surface area contributed by atoms with E-state index in [1.54, 1.807) is 0 Å². The summed E-state index contributed by atoms with van der Waals surface area (Å²) in [4.78, 5) is 23.8. The minimum absolute atomic E-state index is 0.152. The lowest BCUT2D eigenvalue weighted by Gasteiger charge is -2.12. The van der Waals surface area contributed by atoms with Gasteiger partial charge in [0.25, 0.3) is 0 Å². The molecule has 0 aromatic carbocycles. The van der Waals surface area contributed by atoms with Crippen molar-refractivity contribution in [2.75, 3.05) is 6.61 Å². The Morgan fingerprint density at radius 3 is 1.20 bits per heavy atom. The van der Waals surface area contributed by atoms with E-state index in [2.05, 4.69) is 19.9 Å². The molecule has 0 saturated heterocycles. The molecule has 1 atom stereocenters. The van der Waals surface area contributed by atoms with Crippen molar-refractivity contribution in [3.8, 4) is 0 Å². The zero-order valence-corrected chi connectivity index (χ0v) is 29.7. The van der Waals surface area contributed by atoms with Crippen molar-refractivity contribution in [2.24, 2.45) is 5.92 Å². The number of esters is 1. The molecule has 0 rings (SSSR count). The van der Waals surface area contributed by atoms with Crippen LogP contribution in [0.5, 0.6) is 0 Å². The molecule has 4 nitrogen and oxygen atoms in total. The van der Waals surface area contributed by atoms with Gasteiger partial charge in [0.2, 0.25) is 0 Å². The van der Waals surface area contributed by atoms with Gasteiger partial charge in [-0.3, -0.25) is 9.59 Å². The van der Waals surface area contributed by atoms with Gasteiger partial charge in [0.05, 0.1) is 18.9 Å². The van der Waals surface area contributed by atoms with Crippen molar-refractivity contribution in [3.63, 3.8) is 0 Å². The first kappa shape index (κ1) is 42.7. The van der Waals surface area contributed by atoms with E-state index >= 15 is 0 Å². The van der Waals surface area contributed by atoms with E-state index in [1.807, 2.05) is 6.08 Å². The third-order valence-corrected chi connectivity index (χ3v) is 9.06. The summed E-state index contributed by atoms with van der Waals surface area (Å²) in [5.41, 5.74) is 0. The van der Waals surface area contributed by atoms with E-state index in [9.17, 15) is 14.7 Å². The summed E-state index contributed by atoms with van der Waals surface area (Å²) in [5, 5.41) is 9.26. The smallest absolute Gasteiger partial charge is 0.309 e. The molecule has 0 aliphatic heterocycles. The molecule has 0 spiro atoms. The first-order valence-corrected chi connectivity index (χ1v) is 19.6. The fraction of sp³-hybridized carbons (Fsp3) is 0.900. The van der Waals surface area contributed by atoms with Gasteiger partial charge in [-0.05, 0) is 25.7 Å². The molecule has 0 aliphatic carbocycles. The number of carboxylic acids is 1. The molecule has 44 heavy (non-hydrogen) atoms. The second-order valence-corrected chi connectivity index (χ2v) is 13.5. The van der Waals surface area contributed by atoms with Gasteiger partial charge in [-0.2, -0.15) is 0 Å². The van der Waals surface area contributed by atoms with Gasteiger partial charge in [0, 0.05) is 0 Å². The molecule has 0 fully saturated rings. The van der Waals surface area contributed by atoms with Crippen molar-refractivity contribution in [2.45, 2.75) is 219 Å². The molecule has 0 aromatic heterocycles. The topological polar surface area (TPSA) is 63.6 Å². The second-order valence-electron chi connectivity index (χ2n) is 13.5. The number of hydrogen-bond donors (Lipinski definition) is 1. The fourth-order valence-electron chi connectivity index (χ4n) is 6.07. The van der Waals surface area contributed by atoms with Crippen LogP contribution in [0.4, 0.5) is 0 Å². The van der Waals surface area contributed by atoms with E-state index in [1.165, 1.54) is 173 Å². The SMILES string of the molecule is CCCCCCCCCCCCCCC/C=C/CC(CC(=O)O)C(=O)OCCCCCCCCCCCCCCCCCC. The third-order valence-electron chi connectivity index (χ3n) is 9.06. The molecule has 4 heteroatoms. The van der Waals surface area contributed by atoms with Crippen LogP contribution in [-0.2, 0) is 14.3 Å². The maximum absolute atomic E-state index is 12.5. The van der Waals surface area contributed by atoms with Crippen LogP contribution in [0.1, 0.15) is 219 Å². The Morgan fingerprint density at radius 2 is 0.841 bits per heavy atom. The van der Waals surface area contributed by atoms with Crippen LogP contribution in [0.25, 0.3) is 0 Å². The number of carboxylic acid groups (broad SMARTS) is 1. The number of unbranched alkanes of at least 4 members (excludes halogenated alkanes) is 28. The number of allylic oxidation sites excluding steroid dienone is 2. The highest BCUT2D eigenvalue weighted by atomic mass is 16.5. The summed E-state index contributed by atoms with van der Waals surface area (Å²) in [6.07, 6.45) is 44.0. The summed E-state index contributed by atoms with van der Waals surface area (Å²) in [5.74, 6) is -1.85. The Bertz CT molecular complexity index is 629. The zero-order valence-electron chi connectivity index (χ0n) is 29.7. The largest absolute Gasteiger partial charge is 0.481 e. The average Bonchev–Trinajstić information content (AvgIpc) is 3.01. The Balaban J connectivity index is 3.66. The summed E-state index contributed by atoms with van der Waals surface area (Å²) in [6.45, 7) is 4.96. The van der Waals surface area contributed by atoms with Crippen molar-refractivity contribution in [1.29, 1.82) is 0 Å². The van der Waals surface area contributed by atoms with Gasteiger partial charge < -0.3 is 9.84 Å². The van der Waals surface area contributed by atoms with E-state index in [4.69, 9.17) is 4.74 Å². The lowest BCUT2D eigenvalue weighted by Crippen LogP contribution is -2.21. The highest BCUT2D eigenvalue weighted by Gasteiger charge is 2.21. The van der Waals surface area contributed by atoms with E-state index in [-0.39, 0.29) is 12.4 Å². The lowest BCUT2D eigenvalue weighted by atomic mass is 10.0. The van der Waals surface area contributed by atoms with E-state index in [0.29, 0.717) is 13.0 Å². The van der Waals surface area contributed by atoms with Gasteiger partial charge in [0.15, 0.2) is 0 Å². The van der Waals surface area contributed by atoms with Crippen molar-refractivity contribution >= 4 is 11.9 Å². The van der Waals surface area contributed by atoms with Crippen molar-refractivity contribution < 1.29 is 19.4 Å². The van der Waals surface area contributed by atoms with Crippen molar-refractivity contribution in [1.82, 2.24) is 0 Å². The molecule has 0 heterocycles. The van der Waals surface area contributed by atoms with Gasteiger partial charge >= 0.3 is 11.9 Å². The van der Waals surface area contributed by atoms with Crippen LogP contribution < -0.4 is 0 Å². The number of carbonyl (C=O) groups excluding carboxylic acids is 1. The Labute approximate surface area is 275 Å². The summed E-state index contributed by atoms with van der Waals surface area (Å²) in [7, 11) is 0. The normalized spacial score (nSPS) is 12.2. The average molecular weight is 621 g/mol. The standard InChI is InChI=1S/C40H76O4/c1-3-5-7-9-11-13-15-17-19-21-23-25-27-29-31-33-35-38(37-39(41)42)40(43)44-36-34-32-30-28-26-24-22-20-18-16-14-12-10-8-6-4-2/h31,33,38H,3-30,32,34-37H2,1-2H3,(H,41,42)/b33-31+. The molecule has 0 radical (unpaired) electrons. The van der Waals surface area contributed by atoms with Crippen LogP contribution in [0.2, 0.25) is 0 Å². The first-order chi connectivity index (χ1) is 21.6. The Morgan fingerprint density at radius 1 is 0.500 bits per heavy atom. The highest BCUT2D eigenvalue weighted by Crippen LogP contribution is 2.17. The number of carbonyl (C=O) groups is 2. The Hall–Kier alpha value is -1.32. The van der Waals surface area contributed by atoms with Gasteiger partial charge in [0.1, 0.15) is 0 Å². The highest BCUT2D eigenvalue weighted by molar-refractivity contribution is 5.79. The molecule has 0 aromatic rings. The maximum Gasteiger partial charge on any atom is 0.309 e. The molecular weight excluding hydrogens is 544 g/mol. The van der Waals surface area contributed by atoms with Crippen LogP contribution >= 0.6 is 0 Å². The molecule has 1 N–H and O–H groups in total. The monoisotopic (exact) mass is 621 g/mol. The molecular formula is C40H76O4. The molecule has 0 saturated carbocycles. The summed E-state index contributed by atoms with van der Waals surface area (Å²) < 4.78 is 5.47. The quantitative estimate of drug-likeness (QED) is 0.0430. The first-order valence-electron chi connectivity index (χ1n) is 19.6. The predicted octanol–water partition coefficient (Wildman–Crippen LogP) is 13.3. The summed E-state index contributed by atoms with van der Waals surface area (Å²) in [6, 6.07) is 0. The number of rotatable bonds is 36. The molecule has 0 amide bonds. The van der Waals surface area contributed by atoms with E-state index in [0.717, 1.165) is 19.3 Å². The molecule has 0 bridgehead atoms. The minimum atomic E-state index is -0.931. The number of ether oxygens (including phenoxy) is 1. The predicted molar refractivity (Wildman–Crippen MR) is 190 cm³/mol. The maximum atomic E-state index is 12.5. The van der Waals surface area contributed by atoms with Crippen LogP contribution in [-0.4, -0.2) is 23.7 Å². The molecule has 260 valence electrons. The molecule has 1 unspecified atom stereocenters. The van der Waals surface area contributed by atoms with Crippen LogP contribution in [0, 0.1) is 5.92 Å². The second kappa shape index (κ2) is 36.2. The third kappa shape index (κ3) is 33.6. The van der Waals surface area contributed by atoms with Gasteiger partial charge in [-0.1, -0.05) is 199 Å². The van der Waals surface area contributed by atoms with Gasteiger partial charge in [-0.15, -0.1) is 0 Å². The zero-order chi connectivity index (χ0) is 32.2. The van der Waals surface area contributed by atoms with Gasteiger partial charge in [-0.25, -0.2) is 0 Å².